The van der Waals surface area contributed by atoms with Gasteiger partial charge in [-0.15, -0.1) is 0 Å². The number of hydrogen-bond donors (Lipinski definition) is 0. The summed E-state index contributed by atoms with van der Waals surface area (Å²) in [4.78, 5) is 18.2. The number of halogens is 1. The van der Waals surface area contributed by atoms with Crippen molar-refractivity contribution in [2.24, 2.45) is 5.10 Å². The van der Waals surface area contributed by atoms with E-state index in [1.807, 2.05) is 24.3 Å². The zero-order valence-electron chi connectivity index (χ0n) is 21.8. The quantitative estimate of drug-likeness (QED) is 0.446. The molecule has 3 aromatic carbocycles. The van der Waals surface area contributed by atoms with Crippen LogP contribution >= 0.6 is 0 Å². The Labute approximate surface area is 223 Å². The van der Waals surface area contributed by atoms with Crippen LogP contribution in [0.5, 0.6) is 11.5 Å². The van der Waals surface area contributed by atoms with E-state index < -0.39 is 0 Å². The van der Waals surface area contributed by atoms with Crippen molar-refractivity contribution in [3.05, 3.63) is 95.3 Å². The summed E-state index contributed by atoms with van der Waals surface area (Å²) >= 11 is 0. The van der Waals surface area contributed by atoms with Crippen LogP contribution in [-0.4, -0.2) is 73.4 Å². The van der Waals surface area contributed by atoms with Gasteiger partial charge >= 0.3 is 0 Å². The van der Waals surface area contributed by atoms with Gasteiger partial charge in [-0.25, -0.2) is 9.40 Å². The van der Waals surface area contributed by atoms with Gasteiger partial charge < -0.3 is 9.47 Å². The number of hydrogen-bond acceptors (Lipinski definition) is 6. The number of amides is 1. The molecule has 0 N–H and O–H groups in total. The summed E-state index contributed by atoms with van der Waals surface area (Å²) in [5.41, 5.74) is 3.70. The largest absolute Gasteiger partial charge is 0.497 e. The lowest BCUT2D eigenvalue weighted by molar-refractivity contribution is -0.134. The normalized spacial score (nSPS) is 18.3. The molecular formula is C30H33FN4O3. The predicted molar refractivity (Wildman–Crippen MR) is 145 cm³/mol. The molecule has 0 spiro atoms. The van der Waals surface area contributed by atoms with Crippen LogP contribution in [0.25, 0.3) is 0 Å². The van der Waals surface area contributed by atoms with Crippen molar-refractivity contribution >= 4 is 11.6 Å². The zero-order valence-corrected chi connectivity index (χ0v) is 21.8. The summed E-state index contributed by atoms with van der Waals surface area (Å²) in [6.07, 6.45) is 0.505. The molecule has 2 aliphatic heterocycles. The van der Waals surface area contributed by atoms with Crippen LogP contribution in [0.2, 0.25) is 0 Å². The number of benzene rings is 3. The third-order valence-corrected chi connectivity index (χ3v) is 7.21. The predicted octanol–water partition coefficient (Wildman–Crippen LogP) is 4.34. The van der Waals surface area contributed by atoms with E-state index in [-0.39, 0.29) is 24.3 Å². The summed E-state index contributed by atoms with van der Waals surface area (Å²) in [6, 6.07) is 22.0. The van der Waals surface area contributed by atoms with E-state index in [1.54, 1.807) is 31.4 Å². The third kappa shape index (κ3) is 5.87. The fraction of sp³-hybridized carbons (Fsp3) is 0.333. The maximum Gasteiger partial charge on any atom is 0.257 e. The van der Waals surface area contributed by atoms with Crippen molar-refractivity contribution in [3.63, 3.8) is 0 Å². The fourth-order valence-corrected chi connectivity index (χ4v) is 5.10. The van der Waals surface area contributed by atoms with Gasteiger partial charge in [-0.1, -0.05) is 42.5 Å². The molecule has 2 aliphatic rings. The van der Waals surface area contributed by atoms with Gasteiger partial charge in [-0.05, 0) is 35.4 Å². The van der Waals surface area contributed by atoms with Gasteiger partial charge in [0, 0.05) is 50.8 Å². The Balaban J connectivity index is 1.31. The molecule has 198 valence electrons. The minimum atomic E-state index is -0.315. The Hall–Kier alpha value is -3.75. The van der Waals surface area contributed by atoms with Crippen LogP contribution < -0.4 is 9.47 Å². The lowest BCUT2D eigenvalue weighted by Gasteiger charge is -2.35. The first-order chi connectivity index (χ1) is 18.5. The van der Waals surface area contributed by atoms with Crippen LogP contribution in [0, 0.1) is 5.82 Å². The number of methoxy groups -OCH3 is 2. The molecule has 0 aromatic heterocycles. The number of piperazine rings is 1. The van der Waals surface area contributed by atoms with Crippen LogP contribution in [0.4, 0.5) is 4.39 Å². The standard InChI is InChI=1S/C30H33FN4O3/c1-37-25-12-13-26(29(18-25)38-2)27-19-28(23-8-10-24(31)11-9-23)35(32-27)30(36)21-34-16-14-33(15-17-34)20-22-6-4-3-5-7-22/h3-13,18,28H,14-17,19-21H2,1-2H3/t28-/m1/s1. The molecule has 38 heavy (non-hydrogen) atoms. The van der Waals surface area contributed by atoms with Crippen molar-refractivity contribution in [2.45, 2.75) is 19.0 Å². The molecule has 3 aromatic rings. The van der Waals surface area contributed by atoms with Gasteiger partial charge in [0.1, 0.15) is 17.3 Å². The molecule has 2 heterocycles. The van der Waals surface area contributed by atoms with Crippen molar-refractivity contribution in [1.29, 1.82) is 0 Å². The monoisotopic (exact) mass is 516 g/mol. The first kappa shape index (κ1) is 25.9. The maximum absolute atomic E-state index is 13.7. The summed E-state index contributed by atoms with van der Waals surface area (Å²) in [6.45, 7) is 4.64. The zero-order chi connectivity index (χ0) is 26.5. The Kier molecular flexibility index (Phi) is 8.00. The van der Waals surface area contributed by atoms with Gasteiger partial charge in [-0.3, -0.25) is 14.6 Å². The van der Waals surface area contributed by atoms with E-state index >= 15 is 0 Å². The van der Waals surface area contributed by atoms with Gasteiger partial charge in [0.05, 0.1) is 32.5 Å². The molecule has 0 unspecified atom stereocenters. The summed E-state index contributed by atoms with van der Waals surface area (Å²) in [5, 5.41) is 6.36. The van der Waals surface area contributed by atoms with Crippen molar-refractivity contribution in [2.75, 3.05) is 46.9 Å². The van der Waals surface area contributed by atoms with E-state index in [1.165, 1.54) is 17.7 Å². The summed E-state index contributed by atoms with van der Waals surface area (Å²) < 4.78 is 24.6. The molecule has 1 atom stereocenters. The molecule has 0 radical (unpaired) electrons. The molecule has 7 nitrogen and oxygen atoms in total. The first-order valence-corrected chi connectivity index (χ1v) is 12.9. The average molecular weight is 517 g/mol. The number of carbonyl (C=O) groups excluding carboxylic acids is 1. The highest BCUT2D eigenvalue weighted by Crippen LogP contribution is 2.36. The maximum atomic E-state index is 13.7. The smallest absolute Gasteiger partial charge is 0.257 e. The van der Waals surface area contributed by atoms with Gasteiger partial charge in [0.15, 0.2) is 0 Å². The molecule has 0 bridgehead atoms. The van der Waals surface area contributed by atoms with Crippen LogP contribution in [0.3, 0.4) is 0 Å². The second-order valence-electron chi connectivity index (χ2n) is 9.66. The summed E-state index contributed by atoms with van der Waals surface area (Å²) in [5.74, 6) is 0.928. The van der Waals surface area contributed by atoms with Crippen molar-refractivity contribution < 1.29 is 18.7 Å². The summed E-state index contributed by atoms with van der Waals surface area (Å²) in [7, 11) is 3.21. The van der Waals surface area contributed by atoms with E-state index in [4.69, 9.17) is 14.6 Å². The Morgan fingerprint density at radius 1 is 0.921 bits per heavy atom. The highest BCUT2D eigenvalue weighted by atomic mass is 19.1. The molecule has 1 amide bonds. The topological polar surface area (TPSA) is 57.6 Å². The third-order valence-electron chi connectivity index (χ3n) is 7.21. The van der Waals surface area contributed by atoms with Gasteiger partial charge in [-0.2, -0.15) is 5.10 Å². The molecule has 5 rings (SSSR count). The van der Waals surface area contributed by atoms with E-state index in [9.17, 15) is 9.18 Å². The lowest BCUT2D eigenvalue weighted by Crippen LogP contribution is -2.49. The SMILES string of the molecule is COc1ccc(C2=NN(C(=O)CN3CCN(Cc4ccccc4)CC3)[C@@H](c3ccc(F)cc3)C2)c(OC)c1. The Bertz CT molecular complexity index is 1270. The minimum absolute atomic E-state index is 0.0710. The molecule has 8 heteroatoms. The highest BCUT2D eigenvalue weighted by molar-refractivity contribution is 6.05. The van der Waals surface area contributed by atoms with E-state index in [0.29, 0.717) is 17.9 Å². The van der Waals surface area contributed by atoms with Crippen molar-refractivity contribution in [1.82, 2.24) is 14.8 Å². The Morgan fingerprint density at radius 3 is 2.32 bits per heavy atom. The first-order valence-electron chi connectivity index (χ1n) is 12.9. The van der Waals surface area contributed by atoms with E-state index in [0.717, 1.165) is 49.6 Å². The molecule has 1 saturated heterocycles. The number of rotatable bonds is 8. The van der Waals surface area contributed by atoms with Gasteiger partial charge in [0.25, 0.3) is 5.91 Å². The second-order valence-corrected chi connectivity index (χ2v) is 9.66. The molecule has 0 aliphatic carbocycles. The number of ether oxygens (including phenoxy) is 2. The number of hydrazone groups is 1. The minimum Gasteiger partial charge on any atom is -0.497 e. The lowest BCUT2D eigenvalue weighted by atomic mass is 9.97. The van der Waals surface area contributed by atoms with Crippen LogP contribution in [-0.2, 0) is 11.3 Å². The fourth-order valence-electron chi connectivity index (χ4n) is 5.10. The molecule has 1 fully saturated rings. The van der Waals surface area contributed by atoms with Crippen LogP contribution in [0.1, 0.15) is 29.2 Å². The Morgan fingerprint density at radius 2 is 1.63 bits per heavy atom. The molecule has 0 saturated carbocycles. The molecular weight excluding hydrogens is 483 g/mol. The highest BCUT2D eigenvalue weighted by Gasteiger charge is 2.35. The average Bonchev–Trinajstić information content (AvgIpc) is 3.40. The second kappa shape index (κ2) is 11.8. The number of carbonyl (C=O) groups is 1. The van der Waals surface area contributed by atoms with Crippen molar-refractivity contribution in [3.8, 4) is 11.5 Å². The van der Waals surface area contributed by atoms with Crippen LogP contribution in [0.15, 0.2) is 77.9 Å². The van der Waals surface area contributed by atoms with Gasteiger partial charge in [0.2, 0.25) is 0 Å². The number of nitrogens with zero attached hydrogens (tertiary/aromatic N) is 4. The van der Waals surface area contributed by atoms with E-state index in [2.05, 4.69) is 34.1 Å².